The van der Waals surface area contributed by atoms with Gasteiger partial charge in [-0.1, -0.05) is 0 Å². The Hall–Kier alpha value is -1.82. The van der Waals surface area contributed by atoms with Crippen molar-refractivity contribution in [3.63, 3.8) is 0 Å². The first-order chi connectivity index (χ1) is 11.2. The summed E-state index contributed by atoms with van der Waals surface area (Å²) in [5.41, 5.74) is 0. The molecule has 23 heavy (non-hydrogen) atoms. The van der Waals surface area contributed by atoms with Gasteiger partial charge in [0.1, 0.15) is 0 Å². The molecule has 0 radical (unpaired) electrons. The summed E-state index contributed by atoms with van der Waals surface area (Å²) in [4.78, 5) is 0. The molecule has 0 nitrogen and oxygen atoms in total. The molecule has 0 aliphatic heterocycles. The number of alkyl halides is 3. The summed E-state index contributed by atoms with van der Waals surface area (Å²) < 4.78 is 33.5. The molecule has 0 bridgehead atoms. The quantitative estimate of drug-likeness (QED) is 0.431. The van der Waals surface area contributed by atoms with Crippen LogP contribution in [0.2, 0.25) is 0 Å². The third kappa shape index (κ3) is 5.71. The normalized spacial score (nSPS) is 10.7. The molecule has 3 rings (SSSR count). The first kappa shape index (κ1) is 17.5. The van der Waals surface area contributed by atoms with E-state index in [0.717, 1.165) is 0 Å². The van der Waals surface area contributed by atoms with Crippen LogP contribution in [0.25, 0.3) is 0 Å². The molecule has 0 N–H and O–H groups in total. The fraction of sp³-hybridized carbons (Fsp3) is 0.0526. The molecule has 0 aliphatic carbocycles. The van der Waals surface area contributed by atoms with E-state index in [2.05, 4.69) is 91.0 Å². The zero-order valence-corrected chi connectivity index (χ0v) is 14.4. The van der Waals surface area contributed by atoms with Crippen LogP contribution in [0.4, 0.5) is 13.2 Å². The fourth-order valence-corrected chi connectivity index (χ4v) is 7.56. The molecule has 0 saturated heterocycles. The second-order valence-corrected chi connectivity index (χ2v) is 9.77. The molecular weight excluding hydrogens is 412 g/mol. The van der Waals surface area contributed by atoms with Crippen LogP contribution in [-0.4, -0.2) is 6.68 Å². The Balaban J connectivity index is 0.000000433. The van der Waals surface area contributed by atoms with Crippen molar-refractivity contribution >= 4 is 19.8 Å². The van der Waals surface area contributed by atoms with E-state index >= 15 is 0 Å². The van der Waals surface area contributed by atoms with Crippen molar-refractivity contribution in [1.82, 2.24) is 0 Å². The van der Waals surface area contributed by atoms with Crippen molar-refractivity contribution in [2.24, 2.45) is 0 Å². The van der Waals surface area contributed by atoms with Gasteiger partial charge in [-0.3, -0.25) is 0 Å². The molecule has 0 atom stereocenters. The topological polar surface area (TPSA) is 0 Å². The van der Waals surface area contributed by atoms with Gasteiger partial charge in [0.15, 0.2) is 0 Å². The summed E-state index contributed by atoms with van der Waals surface area (Å²) in [6.07, 6.45) is 0. The monoisotopic (exact) mass is 428 g/mol. The Morgan fingerprint density at radius 1 is 0.478 bits per heavy atom. The first-order valence-electron chi connectivity index (χ1n) is 6.95. The number of rotatable bonds is 3. The average molecular weight is 428 g/mol. The SMILES string of the molecule is FC(F)F.c1ccc(I(c2ccccc2)c2ccccc2)cc1. The van der Waals surface area contributed by atoms with Gasteiger partial charge in [-0.2, -0.15) is 13.2 Å². The Kier molecular flexibility index (Phi) is 7.13. The van der Waals surface area contributed by atoms with E-state index in [9.17, 15) is 13.2 Å². The van der Waals surface area contributed by atoms with Crippen molar-refractivity contribution < 1.29 is 13.2 Å². The molecule has 120 valence electrons. The van der Waals surface area contributed by atoms with Gasteiger partial charge in [-0.05, 0) is 0 Å². The molecule has 3 aromatic carbocycles. The molecule has 0 aromatic heterocycles. The van der Waals surface area contributed by atoms with E-state index in [4.69, 9.17) is 0 Å². The van der Waals surface area contributed by atoms with E-state index in [-0.39, 0.29) is 0 Å². The standard InChI is InChI=1S/C18H15I.CHF3/c1-4-10-16(11-5-1)19(17-12-6-2-7-13-17)18-14-8-3-9-15-18;2-1(3)4/h1-15H;1H. The van der Waals surface area contributed by atoms with E-state index in [1.54, 1.807) is 0 Å². The number of hydrogen-bond acceptors (Lipinski definition) is 0. The first-order valence-corrected chi connectivity index (χ1v) is 10.2. The van der Waals surface area contributed by atoms with Gasteiger partial charge in [-0.25, -0.2) is 0 Å². The van der Waals surface area contributed by atoms with Crippen molar-refractivity contribution in [2.75, 3.05) is 0 Å². The van der Waals surface area contributed by atoms with Gasteiger partial charge in [0.25, 0.3) is 0 Å². The Labute approximate surface area is 141 Å². The van der Waals surface area contributed by atoms with Crippen LogP contribution < -0.4 is 0 Å². The van der Waals surface area contributed by atoms with E-state index in [1.807, 2.05) is 0 Å². The summed E-state index contributed by atoms with van der Waals surface area (Å²) in [7, 11) is 0. The van der Waals surface area contributed by atoms with Crippen LogP contribution in [0.3, 0.4) is 0 Å². The second kappa shape index (κ2) is 9.35. The van der Waals surface area contributed by atoms with Crippen LogP contribution >= 0.6 is 19.8 Å². The van der Waals surface area contributed by atoms with Gasteiger partial charge in [0.2, 0.25) is 0 Å². The summed E-state index contributed by atoms with van der Waals surface area (Å²) in [5.74, 6) is 0. The maximum absolute atomic E-state index is 9.67. The Bertz CT molecular complexity index is 576. The van der Waals surface area contributed by atoms with Crippen LogP contribution in [0, 0.1) is 10.7 Å². The Morgan fingerprint density at radius 2 is 0.696 bits per heavy atom. The van der Waals surface area contributed by atoms with Crippen molar-refractivity contribution in [3.05, 3.63) is 102 Å². The molecule has 0 fully saturated rings. The third-order valence-corrected chi connectivity index (χ3v) is 8.75. The van der Waals surface area contributed by atoms with Gasteiger partial charge in [-0.15, -0.1) is 0 Å². The zero-order valence-electron chi connectivity index (χ0n) is 12.2. The van der Waals surface area contributed by atoms with Gasteiger partial charge < -0.3 is 0 Å². The molecule has 4 heteroatoms. The minimum atomic E-state index is -3.67. The molecule has 3 aromatic rings. The molecule has 0 unspecified atom stereocenters. The number of benzene rings is 3. The van der Waals surface area contributed by atoms with Crippen molar-refractivity contribution in [3.8, 4) is 0 Å². The molecule has 0 aliphatic rings. The third-order valence-electron chi connectivity index (χ3n) is 2.85. The molecule has 0 spiro atoms. The van der Waals surface area contributed by atoms with E-state index < -0.39 is 26.5 Å². The van der Waals surface area contributed by atoms with Gasteiger partial charge >= 0.3 is 128 Å². The second-order valence-electron chi connectivity index (χ2n) is 4.42. The molecule has 0 saturated carbocycles. The van der Waals surface area contributed by atoms with Crippen LogP contribution in [0.1, 0.15) is 0 Å². The van der Waals surface area contributed by atoms with Crippen LogP contribution in [0.15, 0.2) is 91.0 Å². The fourth-order valence-electron chi connectivity index (χ4n) is 2.00. The average Bonchev–Trinajstić information content (AvgIpc) is 2.58. The van der Waals surface area contributed by atoms with Gasteiger partial charge in [0, 0.05) is 0 Å². The van der Waals surface area contributed by atoms with Crippen LogP contribution in [0.5, 0.6) is 0 Å². The predicted octanol–water partition coefficient (Wildman–Crippen LogP) is 6.28. The number of halogens is 4. The van der Waals surface area contributed by atoms with Crippen molar-refractivity contribution in [2.45, 2.75) is 6.68 Å². The van der Waals surface area contributed by atoms with E-state index in [1.165, 1.54) is 10.7 Å². The zero-order chi connectivity index (χ0) is 16.5. The summed E-state index contributed by atoms with van der Waals surface area (Å²) in [6, 6.07) is 32.8. The maximum atomic E-state index is 9.67. The van der Waals surface area contributed by atoms with Crippen LogP contribution in [-0.2, 0) is 0 Å². The predicted molar refractivity (Wildman–Crippen MR) is 96.5 cm³/mol. The summed E-state index contributed by atoms with van der Waals surface area (Å²) >= 11 is -1.52. The Morgan fingerprint density at radius 3 is 0.913 bits per heavy atom. The minimum absolute atomic E-state index is 1.49. The molecule has 0 amide bonds. The van der Waals surface area contributed by atoms with Crippen molar-refractivity contribution in [1.29, 1.82) is 0 Å². The van der Waals surface area contributed by atoms with Gasteiger partial charge in [0.05, 0.1) is 0 Å². The number of hydrogen-bond donors (Lipinski definition) is 0. The van der Waals surface area contributed by atoms with E-state index in [0.29, 0.717) is 0 Å². The molecular formula is C19H16F3I. The summed E-state index contributed by atoms with van der Waals surface area (Å²) in [5, 5.41) is 0. The summed E-state index contributed by atoms with van der Waals surface area (Å²) in [6.45, 7) is -3.67. The molecule has 0 heterocycles.